The molecule has 21 heavy (non-hydrogen) atoms. The van der Waals surface area contributed by atoms with Gasteiger partial charge in [0.1, 0.15) is 0 Å². The first-order chi connectivity index (χ1) is 11.5. The molecule has 2 nitrogen and oxygen atoms in total. The first kappa shape index (κ1) is 10.7. The monoisotopic (exact) mass is 303 g/mol. The van der Waals surface area contributed by atoms with Crippen molar-refractivity contribution in [3.8, 4) is 0 Å². The van der Waals surface area contributed by atoms with Crippen molar-refractivity contribution in [1.29, 1.82) is 0 Å². The molecule has 1 saturated heterocycles. The Hall–Kier alpha value is -0.930. The van der Waals surface area contributed by atoms with Gasteiger partial charge in [-0.3, -0.25) is 0 Å². The number of aromatic amines is 1. The van der Waals surface area contributed by atoms with Crippen molar-refractivity contribution < 1.29 is 4.11 Å². The molecule has 1 aliphatic carbocycles. The lowest BCUT2D eigenvalue weighted by Crippen LogP contribution is -2.27. The van der Waals surface area contributed by atoms with E-state index in [4.69, 9.17) is 4.11 Å². The zero-order valence-corrected chi connectivity index (χ0v) is 13.3. The van der Waals surface area contributed by atoms with Crippen molar-refractivity contribution in [1.82, 2.24) is 9.88 Å². The molecule has 1 aromatic carbocycles. The third-order valence-corrected chi connectivity index (χ3v) is 5.72. The highest BCUT2D eigenvalue weighted by atomic mass is 32.2. The molecular formula is C18H24N2S. The summed E-state index contributed by atoms with van der Waals surface area (Å²) in [5.41, 5.74) is 3.94. The highest BCUT2D eigenvalue weighted by Gasteiger charge is 2.31. The van der Waals surface area contributed by atoms with Gasteiger partial charge in [0.25, 0.3) is 0 Å². The molecule has 0 amide bonds. The van der Waals surface area contributed by atoms with Crippen molar-refractivity contribution in [2.24, 2.45) is 0 Å². The van der Waals surface area contributed by atoms with Gasteiger partial charge in [-0.05, 0) is 75.5 Å². The predicted molar refractivity (Wildman–Crippen MR) is 91.4 cm³/mol. The zero-order chi connectivity index (χ0) is 16.9. The van der Waals surface area contributed by atoms with Crippen LogP contribution in [0.3, 0.4) is 0 Å². The van der Waals surface area contributed by atoms with Gasteiger partial charge in [-0.1, -0.05) is 6.07 Å². The molecule has 1 aromatic heterocycles. The molecular weight excluding hydrogens is 276 g/mol. The van der Waals surface area contributed by atoms with Gasteiger partial charge in [-0.2, -0.15) is 0 Å². The summed E-state index contributed by atoms with van der Waals surface area (Å²) in [4.78, 5) is 6.69. The van der Waals surface area contributed by atoms with Crippen LogP contribution in [0, 0.1) is 0 Å². The lowest BCUT2D eigenvalue weighted by molar-refractivity contribution is 0.309. The summed E-state index contributed by atoms with van der Waals surface area (Å²) >= 11 is 1.78. The van der Waals surface area contributed by atoms with Crippen LogP contribution in [0.1, 0.15) is 47.0 Å². The van der Waals surface area contributed by atoms with E-state index in [1.807, 2.05) is 0 Å². The molecule has 2 aromatic rings. The zero-order valence-electron chi connectivity index (χ0n) is 15.5. The minimum absolute atomic E-state index is 0.129. The molecule has 1 aliphatic heterocycles. The molecule has 4 rings (SSSR count). The van der Waals surface area contributed by atoms with E-state index >= 15 is 0 Å². The summed E-state index contributed by atoms with van der Waals surface area (Å²) in [6, 6.07) is 6.57. The fourth-order valence-electron chi connectivity index (χ4n) is 3.69. The third kappa shape index (κ3) is 2.40. The van der Waals surface area contributed by atoms with E-state index in [2.05, 4.69) is 29.4 Å². The Labute approximate surface area is 135 Å². The van der Waals surface area contributed by atoms with Crippen molar-refractivity contribution in [2.45, 2.75) is 49.0 Å². The fourth-order valence-corrected chi connectivity index (χ4v) is 4.34. The number of hydrogen-bond donors (Lipinski definition) is 1. The number of benzene rings is 1. The second-order valence-electron chi connectivity index (χ2n) is 6.37. The molecule has 2 heterocycles. The number of nitrogens with zero attached hydrogens (tertiary/aromatic N) is 1. The fraction of sp³-hybridized carbons (Fsp3) is 0.556. The Morgan fingerprint density at radius 2 is 2.29 bits per heavy atom. The molecule has 0 bridgehead atoms. The van der Waals surface area contributed by atoms with Crippen LogP contribution >= 0.6 is 11.8 Å². The largest absolute Gasteiger partial charge is 0.358 e. The van der Waals surface area contributed by atoms with E-state index in [1.54, 1.807) is 16.7 Å². The number of nitrogens with one attached hydrogen (secondary N) is 1. The van der Waals surface area contributed by atoms with Crippen LogP contribution in [0.4, 0.5) is 0 Å². The van der Waals surface area contributed by atoms with Gasteiger partial charge in [0.05, 0.1) is 0 Å². The van der Waals surface area contributed by atoms with Crippen molar-refractivity contribution in [3.05, 3.63) is 29.5 Å². The van der Waals surface area contributed by atoms with E-state index in [0.717, 1.165) is 19.3 Å². The minimum atomic E-state index is -1.98. The van der Waals surface area contributed by atoms with Gasteiger partial charge in [0.15, 0.2) is 0 Å². The Bertz CT molecular complexity index is 749. The normalized spacial score (nSPS) is 26.0. The summed E-state index contributed by atoms with van der Waals surface area (Å²) in [5, 5.41) is 1.32. The second-order valence-corrected chi connectivity index (χ2v) is 7.22. The van der Waals surface area contributed by atoms with Crippen molar-refractivity contribution >= 4 is 22.7 Å². The van der Waals surface area contributed by atoms with E-state index in [1.165, 1.54) is 39.9 Å². The van der Waals surface area contributed by atoms with Gasteiger partial charge in [-0.25, -0.2) is 0 Å². The number of hydrogen-bond acceptors (Lipinski definition) is 2. The molecule has 112 valence electrons. The molecule has 1 saturated carbocycles. The number of aromatic nitrogens is 1. The number of likely N-dealkylation sites (tertiary alicyclic amines) is 1. The van der Waals surface area contributed by atoms with Crippen LogP contribution in [0.5, 0.6) is 0 Å². The van der Waals surface area contributed by atoms with Crippen LogP contribution in [-0.4, -0.2) is 35.7 Å². The van der Waals surface area contributed by atoms with Gasteiger partial charge < -0.3 is 9.88 Å². The maximum Gasteiger partial charge on any atom is 0.0470 e. The average Bonchev–Trinajstić information content (AvgIpc) is 3.15. The Morgan fingerprint density at radius 1 is 1.38 bits per heavy atom. The van der Waals surface area contributed by atoms with Crippen LogP contribution < -0.4 is 0 Å². The summed E-state index contributed by atoms with van der Waals surface area (Å²) in [7, 11) is 0. The highest BCUT2D eigenvalue weighted by Crippen LogP contribution is 2.45. The third-order valence-electron chi connectivity index (χ3n) is 4.94. The molecule has 2 aliphatic rings. The topological polar surface area (TPSA) is 19.0 Å². The van der Waals surface area contributed by atoms with Gasteiger partial charge >= 0.3 is 0 Å². The molecule has 1 atom stereocenters. The Morgan fingerprint density at radius 3 is 3.05 bits per heavy atom. The highest BCUT2D eigenvalue weighted by molar-refractivity contribution is 7.98. The molecule has 0 spiro atoms. The van der Waals surface area contributed by atoms with Gasteiger partial charge in [-0.15, -0.1) is 11.8 Å². The number of rotatable bonds is 4. The second kappa shape index (κ2) is 5.36. The summed E-state index contributed by atoms with van der Waals surface area (Å²) in [6.45, 7) is -1.28. The summed E-state index contributed by atoms with van der Waals surface area (Å²) < 4.78 is 23.5. The van der Waals surface area contributed by atoms with Gasteiger partial charge in [0, 0.05) is 31.6 Å². The molecule has 0 unspecified atom stereocenters. The summed E-state index contributed by atoms with van der Waals surface area (Å²) in [6.07, 6.45) is 7.44. The van der Waals surface area contributed by atoms with Crippen LogP contribution in [0.25, 0.3) is 10.9 Å². The predicted octanol–water partition coefficient (Wildman–Crippen LogP) is 4.40. The van der Waals surface area contributed by atoms with E-state index in [0.29, 0.717) is 12.5 Å². The lowest BCUT2D eigenvalue weighted by Gasteiger charge is -2.20. The maximum absolute atomic E-state index is 7.83. The smallest absolute Gasteiger partial charge is 0.0470 e. The van der Waals surface area contributed by atoms with Crippen LogP contribution in [-0.2, 0) is 6.42 Å². The van der Waals surface area contributed by atoms with Crippen LogP contribution in [0.15, 0.2) is 23.1 Å². The van der Waals surface area contributed by atoms with Gasteiger partial charge in [0.2, 0.25) is 0 Å². The average molecular weight is 303 g/mol. The number of thioether (sulfide) groups is 1. The summed E-state index contributed by atoms with van der Waals surface area (Å²) in [5.74, 6) is 0.643. The quantitative estimate of drug-likeness (QED) is 0.844. The van der Waals surface area contributed by atoms with E-state index in [-0.39, 0.29) is 6.04 Å². The van der Waals surface area contributed by atoms with Crippen molar-refractivity contribution in [2.75, 3.05) is 19.8 Å². The number of fused-ring (bicyclic) bond motifs is 1. The Balaban J connectivity index is 1.76. The SMILES string of the molecule is [2H]C([2H])([2H])N1CCC[C@@H]1Cc1c(C2CC2)[nH]c2cccc(SC)c12. The molecule has 3 heteroatoms. The maximum atomic E-state index is 7.83. The van der Waals surface area contributed by atoms with Crippen molar-refractivity contribution in [3.63, 3.8) is 0 Å². The Kier molecular flexibility index (Phi) is 2.74. The number of likely N-dealkylation sites (N-methyl/N-ethyl adjacent to an activating group) is 1. The molecule has 2 fully saturated rings. The standard InChI is InChI=1S/C18H24N2S/c1-20-10-4-5-13(20)11-14-17-15(6-3-7-16(17)21-2)19-18(14)12-8-9-12/h3,6-7,12-13,19H,4-5,8-11H2,1-2H3/t13-/m1/s1/i1D3. The van der Waals surface area contributed by atoms with E-state index in [9.17, 15) is 0 Å². The first-order valence-corrected chi connectivity index (χ1v) is 9.15. The van der Waals surface area contributed by atoms with E-state index < -0.39 is 6.98 Å². The lowest BCUT2D eigenvalue weighted by atomic mass is 9.99. The number of H-pyrrole nitrogens is 1. The molecule has 1 N–H and O–H groups in total. The first-order valence-electron chi connectivity index (χ1n) is 9.43. The minimum Gasteiger partial charge on any atom is -0.358 e. The molecule has 0 radical (unpaired) electrons. The van der Waals surface area contributed by atoms with Crippen LogP contribution in [0.2, 0.25) is 0 Å².